The number of nitrogens with zero attached hydrogens (tertiary/aromatic N) is 2. The molecule has 1 heterocycles. The highest BCUT2D eigenvalue weighted by atomic mass is 15.0. The molecule has 0 bridgehead atoms. The van der Waals surface area contributed by atoms with Gasteiger partial charge in [-0.15, -0.1) is 0 Å². The van der Waals surface area contributed by atoms with Gasteiger partial charge in [0.05, 0.1) is 5.52 Å². The molecule has 100 valence electrons. The molecule has 0 amide bonds. The quantitative estimate of drug-likeness (QED) is 0.760. The first kappa shape index (κ1) is 12.6. The fourth-order valence-electron chi connectivity index (χ4n) is 2.40. The SMILES string of the molecule is CNc1nc(-c2cccc(C)c2)nc2c(C)cccc12. The Hall–Kier alpha value is -2.42. The molecule has 0 radical (unpaired) electrons. The van der Waals surface area contributed by atoms with E-state index < -0.39 is 0 Å². The molecule has 0 saturated carbocycles. The Morgan fingerprint density at radius 2 is 1.75 bits per heavy atom. The first-order valence-corrected chi connectivity index (χ1v) is 6.71. The molecule has 0 atom stereocenters. The van der Waals surface area contributed by atoms with E-state index in [1.54, 1.807) is 0 Å². The predicted molar refractivity (Wildman–Crippen MR) is 84.0 cm³/mol. The summed E-state index contributed by atoms with van der Waals surface area (Å²) in [5.41, 5.74) is 4.42. The zero-order valence-electron chi connectivity index (χ0n) is 11.9. The molecule has 3 nitrogen and oxygen atoms in total. The third kappa shape index (κ3) is 2.11. The lowest BCUT2D eigenvalue weighted by Gasteiger charge is -2.10. The topological polar surface area (TPSA) is 37.8 Å². The van der Waals surface area contributed by atoms with Gasteiger partial charge in [-0.3, -0.25) is 0 Å². The van der Waals surface area contributed by atoms with E-state index in [0.29, 0.717) is 0 Å². The van der Waals surface area contributed by atoms with Crippen LogP contribution in [0.3, 0.4) is 0 Å². The van der Waals surface area contributed by atoms with E-state index in [0.717, 1.165) is 33.7 Å². The first-order valence-electron chi connectivity index (χ1n) is 6.71. The third-order valence-electron chi connectivity index (χ3n) is 3.44. The van der Waals surface area contributed by atoms with Crippen LogP contribution in [0.1, 0.15) is 11.1 Å². The average molecular weight is 263 g/mol. The lowest BCUT2D eigenvalue weighted by molar-refractivity contribution is 1.20. The van der Waals surface area contributed by atoms with Crippen molar-refractivity contribution in [3.8, 4) is 11.4 Å². The molecule has 1 aromatic heterocycles. The molecule has 3 heteroatoms. The van der Waals surface area contributed by atoms with Gasteiger partial charge in [0.15, 0.2) is 5.82 Å². The Kier molecular flexibility index (Phi) is 3.11. The Morgan fingerprint density at radius 3 is 2.50 bits per heavy atom. The van der Waals surface area contributed by atoms with Crippen LogP contribution in [0.5, 0.6) is 0 Å². The summed E-state index contributed by atoms with van der Waals surface area (Å²) < 4.78 is 0. The van der Waals surface area contributed by atoms with Crippen LogP contribution < -0.4 is 5.32 Å². The van der Waals surface area contributed by atoms with Crippen LogP contribution >= 0.6 is 0 Å². The molecule has 3 rings (SSSR count). The molecular formula is C17H17N3. The molecule has 0 aliphatic carbocycles. The fourth-order valence-corrected chi connectivity index (χ4v) is 2.40. The zero-order chi connectivity index (χ0) is 14.1. The van der Waals surface area contributed by atoms with Crippen molar-refractivity contribution in [3.05, 3.63) is 53.6 Å². The minimum atomic E-state index is 0.764. The zero-order valence-corrected chi connectivity index (χ0v) is 11.9. The Morgan fingerprint density at radius 1 is 0.950 bits per heavy atom. The number of rotatable bonds is 2. The van der Waals surface area contributed by atoms with Gasteiger partial charge in [-0.1, -0.05) is 35.9 Å². The third-order valence-corrected chi connectivity index (χ3v) is 3.44. The van der Waals surface area contributed by atoms with Crippen molar-refractivity contribution in [3.63, 3.8) is 0 Å². The van der Waals surface area contributed by atoms with Crippen LogP contribution in [-0.2, 0) is 0 Å². The first-order chi connectivity index (χ1) is 9.69. The maximum atomic E-state index is 4.74. The number of para-hydroxylation sites is 1. The van der Waals surface area contributed by atoms with Crippen LogP contribution in [-0.4, -0.2) is 17.0 Å². The standard InChI is InChI=1S/C17H17N3/c1-11-6-4-8-13(10-11)16-19-15-12(2)7-5-9-14(15)17(18-3)20-16/h4-10H,1-3H3,(H,18,19,20). The van der Waals surface area contributed by atoms with Crippen LogP contribution in [0.2, 0.25) is 0 Å². The number of hydrogen-bond donors (Lipinski definition) is 1. The highest BCUT2D eigenvalue weighted by Crippen LogP contribution is 2.26. The van der Waals surface area contributed by atoms with Crippen LogP contribution in [0.15, 0.2) is 42.5 Å². The molecule has 0 aliphatic rings. The Labute approximate surface area is 118 Å². The molecule has 0 saturated heterocycles. The maximum Gasteiger partial charge on any atom is 0.162 e. The number of hydrogen-bond acceptors (Lipinski definition) is 3. The molecule has 20 heavy (non-hydrogen) atoms. The van der Waals surface area contributed by atoms with Gasteiger partial charge >= 0.3 is 0 Å². The predicted octanol–water partition coefficient (Wildman–Crippen LogP) is 3.96. The second-order valence-electron chi connectivity index (χ2n) is 4.99. The highest BCUT2D eigenvalue weighted by Gasteiger charge is 2.09. The summed E-state index contributed by atoms with van der Waals surface area (Å²) in [5.74, 6) is 1.63. The van der Waals surface area contributed by atoms with Crippen LogP contribution in [0.25, 0.3) is 22.3 Å². The van der Waals surface area contributed by atoms with E-state index in [1.807, 2.05) is 31.3 Å². The number of anilines is 1. The van der Waals surface area contributed by atoms with E-state index in [9.17, 15) is 0 Å². The number of aromatic nitrogens is 2. The summed E-state index contributed by atoms with van der Waals surface area (Å²) in [5, 5.41) is 4.23. The van der Waals surface area contributed by atoms with Gasteiger partial charge in [0.25, 0.3) is 0 Å². The molecule has 1 N–H and O–H groups in total. The molecule has 2 aromatic carbocycles. The van der Waals surface area contributed by atoms with Gasteiger partial charge in [-0.25, -0.2) is 9.97 Å². The number of fused-ring (bicyclic) bond motifs is 1. The van der Waals surface area contributed by atoms with Crippen molar-refractivity contribution in [2.75, 3.05) is 12.4 Å². The summed E-state index contributed by atoms with van der Waals surface area (Å²) >= 11 is 0. The van der Waals surface area contributed by atoms with Crippen molar-refractivity contribution in [2.24, 2.45) is 0 Å². The second kappa shape index (κ2) is 4.93. The molecule has 3 aromatic rings. The molecule has 0 unspecified atom stereocenters. The average Bonchev–Trinajstić information content (AvgIpc) is 2.47. The number of benzene rings is 2. The molecular weight excluding hydrogens is 246 g/mol. The normalized spacial score (nSPS) is 10.8. The van der Waals surface area contributed by atoms with Gasteiger partial charge in [0.1, 0.15) is 5.82 Å². The van der Waals surface area contributed by atoms with Crippen molar-refractivity contribution in [1.29, 1.82) is 0 Å². The van der Waals surface area contributed by atoms with Gasteiger partial charge in [-0.05, 0) is 31.5 Å². The van der Waals surface area contributed by atoms with Gasteiger partial charge in [0, 0.05) is 18.0 Å². The van der Waals surface area contributed by atoms with Crippen LogP contribution in [0, 0.1) is 13.8 Å². The lowest BCUT2D eigenvalue weighted by Crippen LogP contribution is -1.99. The van der Waals surface area contributed by atoms with Crippen LogP contribution in [0.4, 0.5) is 5.82 Å². The Balaban J connectivity index is 2.30. The van der Waals surface area contributed by atoms with Crippen molar-refractivity contribution >= 4 is 16.7 Å². The van der Waals surface area contributed by atoms with Gasteiger partial charge in [0.2, 0.25) is 0 Å². The monoisotopic (exact) mass is 263 g/mol. The maximum absolute atomic E-state index is 4.74. The van der Waals surface area contributed by atoms with Crippen molar-refractivity contribution < 1.29 is 0 Å². The smallest absolute Gasteiger partial charge is 0.162 e. The van der Waals surface area contributed by atoms with Gasteiger partial charge in [-0.2, -0.15) is 0 Å². The summed E-state index contributed by atoms with van der Waals surface area (Å²) in [6.07, 6.45) is 0. The van der Waals surface area contributed by atoms with Crippen molar-refractivity contribution in [2.45, 2.75) is 13.8 Å². The summed E-state index contributed by atoms with van der Waals surface area (Å²) in [7, 11) is 1.89. The van der Waals surface area contributed by atoms with E-state index in [4.69, 9.17) is 4.98 Å². The Bertz CT molecular complexity index is 778. The summed E-state index contributed by atoms with van der Waals surface area (Å²) in [6.45, 7) is 4.16. The largest absolute Gasteiger partial charge is 0.373 e. The lowest BCUT2D eigenvalue weighted by atomic mass is 10.1. The minimum Gasteiger partial charge on any atom is -0.373 e. The van der Waals surface area contributed by atoms with Gasteiger partial charge < -0.3 is 5.32 Å². The van der Waals surface area contributed by atoms with Crippen molar-refractivity contribution in [1.82, 2.24) is 9.97 Å². The molecule has 0 spiro atoms. The molecule has 0 fully saturated rings. The summed E-state index contributed by atoms with van der Waals surface area (Å²) in [6, 6.07) is 14.4. The number of aryl methyl sites for hydroxylation is 2. The summed E-state index contributed by atoms with van der Waals surface area (Å²) in [4.78, 5) is 9.39. The second-order valence-corrected chi connectivity index (χ2v) is 4.99. The van der Waals surface area contributed by atoms with E-state index in [-0.39, 0.29) is 0 Å². The van der Waals surface area contributed by atoms with E-state index in [2.05, 4.69) is 42.3 Å². The fraction of sp³-hybridized carbons (Fsp3) is 0.176. The highest BCUT2D eigenvalue weighted by molar-refractivity contribution is 5.92. The van der Waals surface area contributed by atoms with E-state index >= 15 is 0 Å². The number of nitrogens with one attached hydrogen (secondary N) is 1. The molecule has 0 aliphatic heterocycles. The van der Waals surface area contributed by atoms with E-state index in [1.165, 1.54) is 5.56 Å². The minimum absolute atomic E-state index is 0.764.